The first kappa shape index (κ1) is 18.7. The van der Waals surface area contributed by atoms with Gasteiger partial charge >= 0.3 is 5.97 Å². The van der Waals surface area contributed by atoms with Crippen molar-refractivity contribution in [1.29, 1.82) is 0 Å². The van der Waals surface area contributed by atoms with E-state index in [0.717, 1.165) is 17.0 Å². The maximum Gasteiger partial charge on any atom is 0.341 e. The first-order valence-corrected chi connectivity index (χ1v) is 9.45. The summed E-state index contributed by atoms with van der Waals surface area (Å²) in [4.78, 5) is 24.0. The number of carboxylic acids is 1. The summed E-state index contributed by atoms with van der Waals surface area (Å²) in [6.45, 7) is 9.00. The van der Waals surface area contributed by atoms with Crippen LogP contribution in [0.15, 0.2) is 23.1 Å². The molecular weight excluding hydrogens is 358 g/mol. The molecule has 2 aromatic heterocycles. The molecule has 0 amide bonds. The number of hydrogen-bond donors (Lipinski definition) is 1. The largest absolute Gasteiger partial charge is 0.477 e. The molecule has 0 fully saturated rings. The third-order valence-corrected chi connectivity index (χ3v) is 5.82. The molecule has 0 saturated heterocycles. The topological polar surface area (TPSA) is 86.3 Å². The fraction of sp³-hybridized carbons (Fsp3) is 0.476. The fourth-order valence-corrected chi connectivity index (χ4v) is 4.30. The number of aromatic carboxylic acids is 1. The van der Waals surface area contributed by atoms with E-state index in [0.29, 0.717) is 12.2 Å². The number of nitrogens with zero attached hydrogens (tertiary/aromatic N) is 3. The molecule has 7 heteroatoms. The molecule has 0 radical (unpaired) electrons. The Labute approximate surface area is 163 Å². The Balaban J connectivity index is 2.02. The van der Waals surface area contributed by atoms with Gasteiger partial charge in [0.1, 0.15) is 11.7 Å². The molecule has 3 heterocycles. The molecule has 148 valence electrons. The zero-order valence-corrected chi connectivity index (χ0v) is 16.8. The van der Waals surface area contributed by atoms with Crippen LogP contribution in [-0.2, 0) is 11.3 Å². The van der Waals surface area contributed by atoms with Crippen molar-refractivity contribution in [3.05, 3.63) is 45.4 Å². The smallest absolute Gasteiger partial charge is 0.341 e. The van der Waals surface area contributed by atoms with Gasteiger partial charge in [-0.15, -0.1) is 0 Å². The zero-order valence-electron chi connectivity index (χ0n) is 16.8. The standard InChI is InChI=1S/C21H25N3O4/c1-11-6-7-12-17(19(11)28-5)22-24-10-16(21(2,3)4)23-9-13(20(26)27)15(25)8-14(23)18(12)24/h6-9,11,16,19H,10H2,1-5H3,(H,26,27)/t11?,16-,19?/m1/s1. The summed E-state index contributed by atoms with van der Waals surface area (Å²) < 4.78 is 9.58. The molecule has 0 saturated carbocycles. The molecule has 0 spiro atoms. The monoisotopic (exact) mass is 383 g/mol. The Morgan fingerprint density at radius 1 is 1.36 bits per heavy atom. The van der Waals surface area contributed by atoms with Crippen LogP contribution in [0, 0.1) is 11.3 Å². The number of carboxylic acid groups (broad SMARTS) is 1. The quantitative estimate of drug-likeness (QED) is 0.859. The van der Waals surface area contributed by atoms with Crippen LogP contribution in [0.3, 0.4) is 0 Å². The number of rotatable bonds is 2. The second-order valence-electron chi connectivity index (χ2n) is 8.74. The molecule has 4 rings (SSSR count). The third-order valence-electron chi connectivity index (χ3n) is 5.82. The predicted octanol–water partition coefficient (Wildman–Crippen LogP) is 3.36. The lowest BCUT2D eigenvalue weighted by Crippen LogP contribution is -2.35. The number of fused-ring (bicyclic) bond motifs is 5. The van der Waals surface area contributed by atoms with E-state index in [4.69, 9.17) is 9.84 Å². The van der Waals surface area contributed by atoms with E-state index in [1.54, 1.807) is 7.11 Å². The van der Waals surface area contributed by atoms with E-state index in [1.165, 1.54) is 12.3 Å². The van der Waals surface area contributed by atoms with Crippen LogP contribution in [0.4, 0.5) is 0 Å². The minimum atomic E-state index is -1.21. The second-order valence-corrected chi connectivity index (χ2v) is 8.74. The van der Waals surface area contributed by atoms with E-state index in [9.17, 15) is 14.7 Å². The van der Waals surface area contributed by atoms with Crippen molar-refractivity contribution in [2.45, 2.75) is 46.4 Å². The normalized spacial score (nSPS) is 23.1. The van der Waals surface area contributed by atoms with Gasteiger partial charge in [-0.05, 0) is 5.41 Å². The number of carbonyl (C=O) groups is 1. The van der Waals surface area contributed by atoms with Gasteiger partial charge in [-0.25, -0.2) is 4.79 Å². The molecule has 0 bridgehead atoms. The van der Waals surface area contributed by atoms with Gasteiger partial charge in [0.05, 0.1) is 29.7 Å². The maximum atomic E-state index is 12.5. The summed E-state index contributed by atoms with van der Waals surface area (Å²) in [5, 5.41) is 14.3. The Bertz CT molecular complexity index is 1050. The van der Waals surface area contributed by atoms with Gasteiger partial charge in [-0.3, -0.25) is 9.48 Å². The van der Waals surface area contributed by atoms with Crippen LogP contribution in [0.5, 0.6) is 0 Å². The van der Waals surface area contributed by atoms with Crippen molar-refractivity contribution in [1.82, 2.24) is 14.3 Å². The first-order chi connectivity index (χ1) is 13.1. The summed E-state index contributed by atoms with van der Waals surface area (Å²) in [7, 11) is 1.68. The molecule has 1 N–H and O–H groups in total. The molecule has 7 nitrogen and oxygen atoms in total. The van der Waals surface area contributed by atoms with E-state index in [2.05, 4.69) is 33.8 Å². The maximum absolute atomic E-state index is 12.5. The van der Waals surface area contributed by atoms with Crippen molar-refractivity contribution in [3.63, 3.8) is 0 Å². The molecule has 0 aromatic carbocycles. The number of aromatic nitrogens is 3. The van der Waals surface area contributed by atoms with Gasteiger partial charge in [0, 0.05) is 30.9 Å². The van der Waals surface area contributed by atoms with Gasteiger partial charge in [0.15, 0.2) is 5.43 Å². The van der Waals surface area contributed by atoms with Crippen molar-refractivity contribution >= 4 is 12.0 Å². The average molecular weight is 383 g/mol. The van der Waals surface area contributed by atoms with Crippen molar-refractivity contribution in [3.8, 4) is 11.4 Å². The van der Waals surface area contributed by atoms with Crippen molar-refractivity contribution in [2.24, 2.45) is 11.3 Å². The van der Waals surface area contributed by atoms with Crippen molar-refractivity contribution < 1.29 is 14.6 Å². The van der Waals surface area contributed by atoms with Crippen LogP contribution in [0.2, 0.25) is 0 Å². The number of hydrogen-bond acceptors (Lipinski definition) is 4. The molecule has 2 aromatic rings. The molecular formula is C21H25N3O4. The molecule has 1 aliphatic heterocycles. The van der Waals surface area contributed by atoms with Crippen LogP contribution < -0.4 is 5.43 Å². The minimum absolute atomic E-state index is 0.0440. The molecule has 2 aliphatic rings. The fourth-order valence-electron chi connectivity index (χ4n) is 4.30. The second kappa shape index (κ2) is 6.17. The van der Waals surface area contributed by atoms with Gasteiger partial charge in [-0.2, -0.15) is 5.10 Å². The molecule has 1 aliphatic carbocycles. The highest BCUT2D eigenvalue weighted by molar-refractivity contribution is 5.88. The van der Waals surface area contributed by atoms with Crippen LogP contribution in [0.25, 0.3) is 17.5 Å². The molecule has 28 heavy (non-hydrogen) atoms. The van der Waals surface area contributed by atoms with E-state index < -0.39 is 11.4 Å². The summed E-state index contributed by atoms with van der Waals surface area (Å²) in [6, 6.07) is 1.39. The van der Waals surface area contributed by atoms with Crippen LogP contribution in [0.1, 0.15) is 61.5 Å². The summed E-state index contributed by atoms with van der Waals surface area (Å²) in [5.74, 6) is -1.01. The van der Waals surface area contributed by atoms with E-state index >= 15 is 0 Å². The van der Waals surface area contributed by atoms with Gasteiger partial charge in [0.2, 0.25) is 0 Å². The zero-order chi connectivity index (χ0) is 20.4. The van der Waals surface area contributed by atoms with Crippen LogP contribution in [-0.4, -0.2) is 32.5 Å². The lowest BCUT2D eigenvalue weighted by Gasteiger charge is -2.38. The highest BCUT2D eigenvalue weighted by atomic mass is 16.5. The number of methoxy groups -OCH3 is 1. The summed E-state index contributed by atoms with van der Waals surface area (Å²) in [5.41, 5.74) is 2.48. The Kier molecular flexibility index (Phi) is 4.12. The highest BCUT2D eigenvalue weighted by Crippen LogP contribution is 2.44. The van der Waals surface area contributed by atoms with Crippen molar-refractivity contribution in [2.75, 3.05) is 7.11 Å². The van der Waals surface area contributed by atoms with Gasteiger partial charge < -0.3 is 14.4 Å². The van der Waals surface area contributed by atoms with Gasteiger partial charge in [-0.1, -0.05) is 39.8 Å². The Hall–Kier alpha value is -2.67. The van der Waals surface area contributed by atoms with Crippen LogP contribution >= 0.6 is 0 Å². The van der Waals surface area contributed by atoms with Gasteiger partial charge in [0.25, 0.3) is 0 Å². The number of pyridine rings is 1. The Morgan fingerprint density at radius 2 is 2.07 bits per heavy atom. The summed E-state index contributed by atoms with van der Waals surface area (Å²) >= 11 is 0. The van der Waals surface area contributed by atoms with E-state index in [-0.39, 0.29) is 29.0 Å². The SMILES string of the molecule is COC1c2nn3c(c2C=CC1C)-c1cc(=O)c(C(=O)O)cn1[C@@H](C(C)(C)C)C3. The van der Waals surface area contributed by atoms with E-state index in [1.807, 2.05) is 15.3 Å². The lowest BCUT2D eigenvalue weighted by atomic mass is 9.84. The minimum Gasteiger partial charge on any atom is -0.477 e. The lowest BCUT2D eigenvalue weighted by molar-refractivity contribution is 0.0684. The predicted molar refractivity (Wildman–Crippen MR) is 105 cm³/mol. The third kappa shape index (κ3) is 2.64. The average Bonchev–Trinajstić information content (AvgIpc) is 2.98. The highest BCUT2D eigenvalue weighted by Gasteiger charge is 2.38. The molecule has 2 unspecified atom stereocenters. The first-order valence-electron chi connectivity index (χ1n) is 9.45. The Morgan fingerprint density at radius 3 is 2.68 bits per heavy atom. The molecule has 3 atom stereocenters. The number of ether oxygens (including phenoxy) is 1. The summed E-state index contributed by atoms with van der Waals surface area (Å²) in [6.07, 6.45) is 5.46.